The lowest BCUT2D eigenvalue weighted by Crippen LogP contribution is -2.37. The summed E-state index contributed by atoms with van der Waals surface area (Å²) in [6.07, 6.45) is 4.73. The summed E-state index contributed by atoms with van der Waals surface area (Å²) < 4.78 is 10.6. The average molecular weight is 253 g/mol. The van der Waals surface area contributed by atoms with Crippen LogP contribution in [0, 0.1) is 0 Å². The molecule has 1 aromatic heterocycles. The molecule has 0 aliphatic heterocycles. The molecular weight excluding hydrogens is 230 g/mol. The summed E-state index contributed by atoms with van der Waals surface area (Å²) in [7, 11) is 1.66. The molecule has 1 N–H and O–H groups in total. The second-order valence-electron chi connectivity index (χ2n) is 4.92. The minimum atomic E-state index is -0.108. The van der Waals surface area contributed by atoms with E-state index in [0.717, 1.165) is 18.9 Å². The van der Waals surface area contributed by atoms with E-state index in [1.165, 1.54) is 19.3 Å². The van der Waals surface area contributed by atoms with Gasteiger partial charge in [-0.05, 0) is 26.3 Å². The van der Waals surface area contributed by atoms with Crippen LogP contribution in [0.5, 0.6) is 0 Å². The van der Waals surface area contributed by atoms with Gasteiger partial charge < -0.3 is 14.6 Å². The predicted octanol–water partition coefficient (Wildman–Crippen LogP) is 2.41. The van der Waals surface area contributed by atoms with Crippen molar-refractivity contribution in [3.63, 3.8) is 0 Å². The molecule has 0 spiro atoms. The highest BCUT2D eigenvalue weighted by molar-refractivity contribution is 5.02. The van der Waals surface area contributed by atoms with E-state index in [0.29, 0.717) is 17.8 Å². The standard InChI is InChI=1S/C13H23N3O2/c1-4-14-11-8-6-5-7-10(11)13-15-12(16-18-13)9(2)17-3/h9-11,14H,4-8H2,1-3H3. The van der Waals surface area contributed by atoms with Gasteiger partial charge in [-0.15, -0.1) is 0 Å². The quantitative estimate of drug-likeness (QED) is 0.873. The van der Waals surface area contributed by atoms with Gasteiger partial charge in [0.1, 0.15) is 6.10 Å². The maximum Gasteiger partial charge on any atom is 0.231 e. The molecular formula is C13H23N3O2. The van der Waals surface area contributed by atoms with Crippen molar-refractivity contribution in [2.24, 2.45) is 0 Å². The van der Waals surface area contributed by atoms with Crippen molar-refractivity contribution in [2.75, 3.05) is 13.7 Å². The zero-order chi connectivity index (χ0) is 13.0. The van der Waals surface area contributed by atoms with Crippen molar-refractivity contribution in [1.29, 1.82) is 0 Å². The van der Waals surface area contributed by atoms with Crippen LogP contribution >= 0.6 is 0 Å². The summed E-state index contributed by atoms with van der Waals surface area (Å²) in [5, 5.41) is 7.54. The van der Waals surface area contributed by atoms with E-state index in [1.807, 2.05) is 6.92 Å². The second kappa shape index (κ2) is 6.29. The number of nitrogens with one attached hydrogen (secondary N) is 1. The van der Waals surface area contributed by atoms with Gasteiger partial charge in [0.15, 0.2) is 5.82 Å². The van der Waals surface area contributed by atoms with Crippen LogP contribution in [0.25, 0.3) is 0 Å². The first-order valence-corrected chi connectivity index (χ1v) is 6.86. The molecule has 1 aromatic rings. The molecule has 18 heavy (non-hydrogen) atoms. The third-order valence-corrected chi connectivity index (χ3v) is 3.72. The number of rotatable bonds is 5. The summed E-state index contributed by atoms with van der Waals surface area (Å²) in [5.74, 6) is 1.76. The fourth-order valence-corrected chi connectivity index (χ4v) is 2.60. The van der Waals surface area contributed by atoms with E-state index in [2.05, 4.69) is 22.4 Å². The summed E-state index contributed by atoms with van der Waals surface area (Å²) in [6, 6.07) is 0.468. The zero-order valence-corrected chi connectivity index (χ0v) is 11.5. The van der Waals surface area contributed by atoms with Crippen molar-refractivity contribution in [3.8, 4) is 0 Å². The molecule has 3 unspecified atom stereocenters. The summed E-state index contributed by atoms with van der Waals surface area (Å²) >= 11 is 0. The molecule has 2 rings (SSSR count). The van der Waals surface area contributed by atoms with Crippen LogP contribution in [0.2, 0.25) is 0 Å². The number of hydrogen-bond acceptors (Lipinski definition) is 5. The molecule has 0 bridgehead atoms. The fraction of sp³-hybridized carbons (Fsp3) is 0.846. The molecule has 1 fully saturated rings. The van der Waals surface area contributed by atoms with Crippen LogP contribution in [0.15, 0.2) is 4.52 Å². The van der Waals surface area contributed by atoms with Crippen LogP contribution in [-0.2, 0) is 4.74 Å². The minimum Gasteiger partial charge on any atom is -0.374 e. The number of nitrogens with zero attached hydrogens (tertiary/aromatic N) is 2. The number of hydrogen-bond donors (Lipinski definition) is 1. The lowest BCUT2D eigenvalue weighted by molar-refractivity contribution is 0.109. The van der Waals surface area contributed by atoms with E-state index < -0.39 is 0 Å². The van der Waals surface area contributed by atoms with E-state index >= 15 is 0 Å². The summed E-state index contributed by atoms with van der Waals surface area (Å²) in [4.78, 5) is 4.49. The Morgan fingerprint density at radius 3 is 2.94 bits per heavy atom. The van der Waals surface area contributed by atoms with Gasteiger partial charge in [0.25, 0.3) is 0 Å². The van der Waals surface area contributed by atoms with Crippen molar-refractivity contribution < 1.29 is 9.26 Å². The first-order valence-electron chi connectivity index (χ1n) is 6.86. The summed E-state index contributed by atoms with van der Waals surface area (Å²) in [5.41, 5.74) is 0. The van der Waals surface area contributed by atoms with Gasteiger partial charge in [-0.3, -0.25) is 0 Å². The van der Waals surface area contributed by atoms with Crippen LogP contribution in [0.1, 0.15) is 63.3 Å². The molecule has 1 aliphatic carbocycles. The predicted molar refractivity (Wildman–Crippen MR) is 68.4 cm³/mol. The molecule has 102 valence electrons. The van der Waals surface area contributed by atoms with Crippen molar-refractivity contribution >= 4 is 0 Å². The molecule has 0 saturated heterocycles. The Labute approximate surface area is 108 Å². The van der Waals surface area contributed by atoms with Gasteiger partial charge in [0, 0.05) is 13.2 Å². The molecule has 5 nitrogen and oxygen atoms in total. The topological polar surface area (TPSA) is 60.2 Å². The van der Waals surface area contributed by atoms with E-state index in [-0.39, 0.29) is 6.10 Å². The van der Waals surface area contributed by atoms with Gasteiger partial charge in [-0.1, -0.05) is 24.9 Å². The third-order valence-electron chi connectivity index (χ3n) is 3.72. The third kappa shape index (κ3) is 2.90. The van der Waals surface area contributed by atoms with E-state index in [4.69, 9.17) is 9.26 Å². The lowest BCUT2D eigenvalue weighted by Gasteiger charge is -2.29. The molecule has 1 heterocycles. The van der Waals surface area contributed by atoms with Crippen molar-refractivity contribution in [3.05, 3.63) is 11.7 Å². The zero-order valence-electron chi connectivity index (χ0n) is 11.5. The molecule has 0 amide bonds. The molecule has 3 atom stereocenters. The minimum absolute atomic E-state index is 0.108. The fourth-order valence-electron chi connectivity index (χ4n) is 2.60. The highest BCUT2D eigenvalue weighted by Crippen LogP contribution is 2.32. The Kier molecular flexibility index (Phi) is 4.72. The molecule has 0 aromatic carbocycles. The first kappa shape index (κ1) is 13.5. The van der Waals surface area contributed by atoms with Crippen molar-refractivity contribution in [2.45, 2.75) is 57.6 Å². The average Bonchev–Trinajstić information content (AvgIpc) is 2.88. The van der Waals surface area contributed by atoms with Crippen LogP contribution in [0.4, 0.5) is 0 Å². The van der Waals surface area contributed by atoms with Gasteiger partial charge in [-0.25, -0.2) is 0 Å². The van der Waals surface area contributed by atoms with Gasteiger partial charge in [0.2, 0.25) is 5.89 Å². The van der Waals surface area contributed by atoms with Gasteiger partial charge in [-0.2, -0.15) is 4.98 Å². The number of methoxy groups -OCH3 is 1. The summed E-state index contributed by atoms with van der Waals surface area (Å²) in [6.45, 7) is 5.05. The maximum absolute atomic E-state index is 5.42. The maximum atomic E-state index is 5.42. The number of aromatic nitrogens is 2. The van der Waals surface area contributed by atoms with Crippen molar-refractivity contribution in [1.82, 2.24) is 15.5 Å². The normalized spacial score (nSPS) is 26.2. The SMILES string of the molecule is CCNC1CCCCC1c1nc(C(C)OC)no1. The largest absolute Gasteiger partial charge is 0.374 e. The second-order valence-corrected chi connectivity index (χ2v) is 4.92. The van der Waals surface area contributed by atoms with Crippen LogP contribution < -0.4 is 5.32 Å². The Morgan fingerprint density at radius 1 is 1.44 bits per heavy atom. The first-order chi connectivity index (χ1) is 8.76. The lowest BCUT2D eigenvalue weighted by atomic mass is 9.84. The van der Waals surface area contributed by atoms with Crippen LogP contribution in [-0.4, -0.2) is 29.8 Å². The number of likely N-dealkylation sites (N-methyl/N-ethyl adjacent to an activating group) is 1. The Morgan fingerprint density at radius 2 is 2.22 bits per heavy atom. The molecule has 0 radical (unpaired) electrons. The monoisotopic (exact) mass is 253 g/mol. The Hall–Kier alpha value is -0.940. The number of ether oxygens (including phenoxy) is 1. The Bertz CT molecular complexity index is 365. The Balaban J connectivity index is 2.10. The highest BCUT2D eigenvalue weighted by atomic mass is 16.5. The molecule has 1 saturated carbocycles. The molecule has 5 heteroatoms. The van der Waals surface area contributed by atoms with Gasteiger partial charge >= 0.3 is 0 Å². The van der Waals surface area contributed by atoms with E-state index in [1.54, 1.807) is 7.11 Å². The smallest absolute Gasteiger partial charge is 0.231 e. The van der Waals surface area contributed by atoms with E-state index in [9.17, 15) is 0 Å². The van der Waals surface area contributed by atoms with Crippen LogP contribution in [0.3, 0.4) is 0 Å². The molecule has 1 aliphatic rings. The highest BCUT2D eigenvalue weighted by Gasteiger charge is 2.30. The van der Waals surface area contributed by atoms with Gasteiger partial charge in [0.05, 0.1) is 5.92 Å².